The minimum Gasteiger partial charge on any atom is -0.347 e. The van der Waals surface area contributed by atoms with Crippen LogP contribution in [-0.2, 0) is 6.54 Å². The number of aromatic nitrogens is 1. The first-order valence-corrected chi connectivity index (χ1v) is 9.15. The number of nitrogens with one attached hydrogen (secondary N) is 2. The molecule has 0 saturated heterocycles. The molecule has 29 heavy (non-hydrogen) atoms. The number of hydrogen-bond acceptors (Lipinski definition) is 4. The Kier molecular flexibility index (Phi) is 6.14. The zero-order valence-electron chi connectivity index (χ0n) is 16.2. The van der Waals surface area contributed by atoms with E-state index in [9.17, 15) is 14.4 Å². The van der Waals surface area contributed by atoms with Gasteiger partial charge in [-0.25, -0.2) is 0 Å². The lowest BCUT2D eigenvalue weighted by Crippen LogP contribution is -2.24. The molecule has 0 radical (unpaired) electrons. The Bertz CT molecular complexity index is 1060. The van der Waals surface area contributed by atoms with Crippen LogP contribution in [0.4, 0.5) is 5.69 Å². The number of carbonyl (C=O) groups is 3. The molecule has 6 nitrogen and oxygen atoms in total. The predicted molar refractivity (Wildman–Crippen MR) is 111 cm³/mol. The molecule has 0 saturated carbocycles. The molecule has 0 aliphatic carbocycles. The molecular formula is C23H21N3O3. The van der Waals surface area contributed by atoms with Crippen LogP contribution in [0.2, 0.25) is 0 Å². The van der Waals surface area contributed by atoms with E-state index in [1.54, 1.807) is 24.3 Å². The first-order chi connectivity index (χ1) is 13.9. The minimum absolute atomic E-state index is 0.0432. The number of pyridine rings is 1. The third-order valence-electron chi connectivity index (χ3n) is 4.50. The van der Waals surface area contributed by atoms with Crippen LogP contribution in [0, 0.1) is 6.92 Å². The minimum atomic E-state index is -0.365. The topological polar surface area (TPSA) is 88.2 Å². The van der Waals surface area contributed by atoms with E-state index in [-0.39, 0.29) is 23.3 Å². The van der Waals surface area contributed by atoms with Crippen molar-refractivity contribution in [1.82, 2.24) is 10.3 Å². The number of Topliss-reactive ketones (excluding diaryl/α,β-unsaturated/α-hetero) is 1. The van der Waals surface area contributed by atoms with Crippen LogP contribution in [0.5, 0.6) is 0 Å². The van der Waals surface area contributed by atoms with Crippen molar-refractivity contribution >= 4 is 23.3 Å². The average molecular weight is 387 g/mol. The van der Waals surface area contributed by atoms with Gasteiger partial charge in [0.15, 0.2) is 5.78 Å². The van der Waals surface area contributed by atoms with Crippen LogP contribution in [0.1, 0.15) is 49.3 Å². The summed E-state index contributed by atoms with van der Waals surface area (Å²) in [5.74, 6) is -0.761. The molecule has 6 heteroatoms. The van der Waals surface area contributed by atoms with Crippen molar-refractivity contribution in [3.05, 3.63) is 94.8 Å². The first-order valence-electron chi connectivity index (χ1n) is 9.15. The molecule has 2 aromatic carbocycles. The second kappa shape index (κ2) is 8.93. The Morgan fingerprint density at radius 1 is 0.897 bits per heavy atom. The van der Waals surface area contributed by atoms with Gasteiger partial charge in [-0.1, -0.05) is 24.3 Å². The molecule has 3 rings (SSSR count). The van der Waals surface area contributed by atoms with E-state index in [0.717, 1.165) is 11.1 Å². The number of nitrogens with zero attached hydrogens (tertiary/aromatic N) is 1. The number of ketones is 1. The average Bonchev–Trinajstić information content (AvgIpc) is 2.73. The third kappa shape index (κ3) is 5.13. The summed E-state index contributed by atoms with van der Waals surface area (Å²) in [5.41, 5.74) is 3.71. The lowest BCUT2D eigenvalue weighted by Gasteiger charge is -2.09. The summed E-state index contributed by atoms with van der Waals surface area (Å²) >= 11 is 0. The number of anilines is 1. The van der Waals surface area contributed by atoms with Gasteiger partial charge < -0.3 is 10.6 Å². The third-order valence-corrected chi connectivity index (χ3v) is 4.50. The highest BCUT2D eigenvalue weighted by molar-refractivity contribution is 6.06. The second-order valence-electron chi connectivity index (χ2n) is 6.63. The zero-order valence-corrected chi connectivity index (χ0v) is 16.2. The summed E-state index contributed by atoms with van der Waals surface area (Å²) in [5, 5.41) is 5.57. The molecule has 0 aliphatic heterocycles. The summed E-state index contributed by atoms with van der Waals surface area (Å²) in [4.78, 5) is 40.3. The molecule has 0 atom stereocenters. The fourth-order valence-electron chi connectivity index (χ4n) is 2.76. The van der Waals surface area contributed by atoms with Gasteiger partial charge >= 0.3 is 0 Å². The van der Waals surface area contributed by atoms with Gasteiger partial charge in [-0.3, -0.25) is 19.4 Å². The van der Waals surface area contributed by atoms with Gasteiger partial charge in [0.25, 0.3) is 11.8 Å². The maximum Gasteiger partial charge on any atom is 0.270 e. The largest absolute Gasteiger partial charge is 0.347 e. The van der Waals surface area contributed by atoms with Gasteiger partial charge in [-0.15, -0.1) is 0 Å². The van der Waals surface area contributed by atoms with Crippen LogP contribution < -0.4 is 10.6 Å². The van der Waals surface area contributed by atoms with Gasteiger partial charge in [0.1, 0.15) is 5.69 Å². The van der Waals surface area contributed by atoms with E-state index in [0.29, 0.717) is 23.4 Å². The Morgan fingerprint density at radius 3 is 2.31 bits per heavy atom. The summed E-state index contributed by atoms with van der Waals surface area (Å²) < 4.78 is 0. The quantitative estimate of drug-likeness (QED) is 0.630. The number of hydrogen-bond donors (Lipinski definition) is 2. The SMILES string of the molecule is CC(=O)c1ccc(NC(=O)c2ccnc(C(=O)NCc3ccccc3C)c2)cc1. The Balaban J connectivity index is 1.66. The highest BCUT2D eigenvalue weighted by atomic mass is 16.2. The number of benzene rings is 2. The van der Waals surface area contributed by atoms with E-state index in [4.69, 9.17) is 0 Å². The van der Waals surface area contributed by atoms with E-state index < -0.39 is 0 Å². The molecule has 146 valence electrons. The van der Waals surface area contributed by atoms with Crippen molar-refractivity contribution in [2.24, 2.45) is 0 Å². The molecule has 1 heterocycles. The molecule has 3 aromatic rings. The monoisotopic (exact) mass is 387 g/mol. The first kappa shape index (κ1) is 19.9. The molecule has 1 aromatic heterocycles. The van der Waals surface area contributed by atoms with Crippen molar-refractivity contribution in [1.29, 1.82) is 0 Å². The standard InChI is InChI=1S/C23H21N3O3/c1-15-5-3-4-6-19(15)14-25-23(29)21-13-18(11-12-24-21)22(28)26-20-9-7-17(8-10-20)16(2)27/h3-13H,14H2,1-2H3,(H,25,29)(H,26,28). The summed E-state index contributed by atoms with van der Waals surface area (Å²) in [7, 11) is 0. The normalized spacial score (nSPS) is 10.3. The summed E-state index contributed by atoms with van der Waals surface area (Å²) in [6.07, 6.45) is 1.43. The Labute approximate surface area is 169 Å². The van der Waals surface area contributed by atoms with Crippen LogP contribution in [0.25, 0.3) is 0 Å². The predicted octanol–water partition coefficient (Wildman–Crippen LogP) is 3.77. The van der Waals surface area contributed by atoms with E-state index in [1.165, 1.54) is 25.3 Å². The molecular weight excluding hydrogens is 366 g/mol. The molecule has 0 fully saturated rings. The second-order valence-corrected chi connectivity index (χ2v) is 6.63. The van der Waals surface area contributed by atoms with Crippen LogP contribution in [0.3, 0.4) is 0 Å². The number of carbonyl (C=O) groups excluding carboxylic acids is 3. The van der Waals surface area contributed by atoms with Crippen molar-refractivity contribution in [3.8, 4) is 0 Å². The molecule has 0 unspecified atom stereocenters. The lowest BCUT2D eigenvalue weighted by atomic mass is 10.1. The van der Waals surface area contributed by atoms with Crippen molar-refractivity contribution in [2.75, 3.05) is 5.32 Å². The van der Waals surface area contributed by atoms with Crippen LogP contribution in [0.15, 0.2) is 66.9 Å². The molecule has 0 aliphatic rings. The van der Waals surface area contributed by atoms with E-state index in [1.807, 2.05) is 31.2 Å². The van der Waals surface area contributed by atoms with Crippen molar-refractivity contribution in [2.45, 2.75) is 20.4 Å². The fourth-order valence-corrected chi connectivity index (χ4v) is 2.76. The lowest BCUT2D eigenvalue weighted by molar-refractivity contribution is 0.0945. The van der Waals surface area contributed by atoms with Crippen molar-refractivity contribution < 1.29 is 14.4 Å². The smallest absolute Gasteiger partial charge is 0.270 e. The van der Waals surface area contributed by atoms with Crippen LogP contribution in [-0.4, -0.2) is 22.6 Å². The Morgan fingerprint density at radius 2 is 1.62 bits per heavy atom. The number of aryl methyl sites for hydroxylation is 1. The highest BCUT2D eigenvalue weighted by Crippen LogP contribution is 2.13. The molecule has 2 amide bonds. The van der Waals surface area contributed by atoms with Crippen LogP contribution >= 0.6 is 0 Å². The van der Waals surface area contributed by atoms with Gasteiger partial charge in [-0.05, 0) is 61.4 Å². The molecule has 2 N–H and O–H groups in total. The van der Waals surface area contributed by atoms with Gasteiger partial charge in [-0.2, -0.15) is 0 Å². The van der Waals surface area contributed by atoms with Gasteiger partial charge in [0.2, 0.25) is 0 Å². The number of amides is 2. The summed E-state index contributed by atoms with van der Waals surface area (Å²) in [6.45, 7) is 3.84. The van der Waals surface area contributed by atoms with Crippen molar-refractivity contribution in [3.63, 3.8) is 0 Å². The highest BCUT2D eigenvalue weighted by Gasteiger charge is 2.12. The molecule has 0 bridgehead atoms. The maximum atomic E-state index is 12.5. The summed E-state index contributed by atoms with van der Waals surface area (Å²) in [6, 6.07) is 17.4. The van der Waals surface area contributed by atoms with Gasteiger partial charge in [0.05, 0.1) is 0 Å². The maximum absolute atomic E-state index is 12.5. The number of rotatable bonds is 6. The molecule has 0 spiro atoms. The Hall–Kier alpha value is -3.80. The van der Waals surface area contributed by atoms with Gasteiger partial charge in [0, 0.05) is 29.6 Å². The van der Waals surface area contributed by atoms with E-state index >= 15 is 0 Å². The van der Waals surface area contributed by atoms with E-state index in [2.05, 4.69) is 15.6 Å². The zero-order chi connectivity index (χ0) is 20.8. The fraction of sp³-hybridized carbons (Fsp3) is 0.130.